The van der Waals surface area contributed by atoms with Crippen molar-refractivity contribution in [3.63, 3.8) is 0 Å². The Morgan fingerprint density at radius 1 is 1.08 bits per heavy atom. The molecule has 1 nitrogen and oxygen atoms in total. The average molecular weight is 201 g/mol. The van der Waals surface area contributed by atoms with Crippen LogP contribution in [0.25, 0.3) is 0 Å². The van der Waals surface area contributed by atoms with E-state index >= 15 is 0 Å². The SMILES string of the molecule is CC.CC1CCC2CN(P)CC2C1. The maximum absolute atomic E-state index is 2.85. The summed E-state index contributed by atoms with van der Waals surface area (Å²) in [4.78, 5) is 0. The van der Waals surface area contributed by atoms with Crippen LogP contribution in [-0.2, 0) is 0 Å². The van der Waals surface area contributed by atoms with Crippen molar-refractivity contribution in [1.29, 1.82) is 0 Å². The standard InChI is InChI=1S/C9H18NP.C2H6/c1-7-2-3-8-5-10(11)6-9(8)4-7;1-2/h7-9H,2-6,11H2,1H3;1-2H3. The fourth-order valence-corrected chi connectivity index (χ4v) is 3.24. The lowest BCUT2D eigenvalue weighted by atomic mass is 9.77. The fraction of sp³-hybridized carbons (Fsp3) is 1.00. The van der Waals surface area contributed by atoms with Crippen LogP contribution in [0.5, 0.6) is 0 Å². The first-order chi connectivity index (χ1) is 6.25. The molecule has 0 aromatic carbocycles. The maximum Gasteiger partial charge on any atom is 0.00479 e. The van der Waals surface area contributed by atoms with Crippen LogP contribution in [0.3, 0.4) is 0 Å². The highest BCUT2D eigenvalue weighted by Gasteiger charge is 2.34. The lowest BCUT2D eigenvalue weighted by Crippen LogP contribution is -2.21. The molecule has 2 fully saturated rings. The van der Waals surface area contributed by atoms with Crippen molar-refractivity contribution in [2.75, 3.05) is 13.1 Å². The van der Waals surface area contributed by atoms with Crippen molar-refractivity contribution in [3.05, 3.63) is 0 Å². The van der Waals surface area contributed by atoms with E-state index in [4.69, 9.17) is 0 Å². The van der Waals surface area contributed by atoms with E-state index in [1.807, 2.05) is 13.8 Å². The van der Waals surface area contributed by atoms with Gasteiger partial charge in [0, 0.05) is 13.1 Å². The van der Waals surface area contributed by atoms with Gasteiger partial charge in [0.15, 0.2) is 0 Å². The van der Waals surface area contributed by atoms with E-state index in [0.717, 1.165) is 17.8 Å². The summed E-state index contributed by atoms with van der Waals surface area (Å²) in [6.45, 7) is 9.07. The van der Waals surface area contributed by atoms with Gasteiger partial charge in [-0.3, -0.25) is 4.67 Å². The van der Waals surface area contributed by atoms with E-state index < -0.39 is 0 Å². The molecule has 0 aromatic heterocycles. The Bertz CT molecular complexity index is 149. The van der Waals surface area contributed by atoms with Crippen LogP contribution in [0.15, 0.2) is 0 Å². The highest BCUT2D eigenvalue weighted by atomic mass is 31.0. The van der Waals surface area contributed by atoms with Gasteiger partial charge in [-0.05, 0) is 30.6 Å². The molecular weight excluding hydrogens is 177 g/mol. The Kier molecular flexibility index (Phi) is 4.69. The zero-order chi connectivity index (χ0) is 9.84. The summed E-state index contributed by atoms with van der Waals surface area (Å²) >= 11 is 0. The van der Waals surface area contributed by atoms with E-state index in [9.17, 15) is 0 Å². The lowest BCUT2D eigenvalue weighted by molar-refractivity contribution is 0.238. The van der Waals surface area contributed by atoms with Gasteiger partial charge < -0.3 is 0 Å². The first kappa shape index (κ1) is 11.5. The van der Waals surface area contributed by atoms with E-state index in [0.29, 0.717) is 0 Å². The van der Waals surface area contributed by atoms with Gasteiger partial charge in [-0.2, -0.15) is 0 Å². The van der Waals surface area contributed by atoms with E-state index in [-0.39, 0.29) is 0 Å². The number of rotatable bonds is 0. The van der Waals surface area contributed by atoms with Gasteiger partial charge in [0.2, 0.25) is 0 Å². The Labute approximate surface area is 85.5 Å². The molecule has 13 heavy (non-hydrogen) atoms. The summed E-state index contributed by atoms with van der Waals surface area (Å²) in [5.41, 5.74) is 0. The Morgan fingerprint density at radius 3 is 2.38 bits per heavy atom. The Morgan fingerprint density at radius 2 is 1.69 bits per heavy atom. The molecule has 0 bridgehead atoms. The summed E-state index contributed by atoms with van der Waals surface area (Å²) in [5, 5.41) is 0. The van der Waals surface area contributed by atoms with Crippen molar-refractivity contribution >= 4 is 9.39 Å². The predicted octanol–water partition coefficient (Wildman–Crippen LogP) is 3.17. The second kappa shape index (κ2) is 5.32. The summed E-state index contributed by atoms with van der Waals surface area (Å²) < 4.78 is 2.42. The van der Waals surface area contributed by atoms with Crippen molar-refractivity contribution < 1.29 is 0 Å². The molecule has 78 valence electrons. The largest absolute Gasteiger partial charge is 0.287 e. The van der Waals surface area contributed by atoms with Gasteiger partial charge >= 0.3 is 0 Å². The smallest absolute Gasteiger partial charge is 0.00479 e. The molecule has 0 N–H and O–H groups in total. The molecule has 1 saturated carbocycles. The molecule has 1 aliphatic carbocycles. The fourth-order valence-electron chi connectivity index (χ4n) is 2.70. The van der Waals surface area contributed by atoms with Gasteiger partial charge in [-0.25, -0.2) is 0 Å². The van der Waals surface area contributed by atoms with Crippen LogP contribution in [-0.4, -0.2) is 17.8 Å². The molecule has 0 spiro atoms. The quantitative estimate of drug-likeness (QED) is 0.544. The minimum Gasteiger partial charge on any atom is -0.287 e. The molecule has 1 saturated heterocycles. The molecule has 0 amide bonds. The predicted molar refractivity (Wildman–Crippen MR) is 62.6 cm³/mol. The van der Waals surface area contributed by atoms with Gasteiger partial charge in [-0.15, -0.1) is 0 Å². The van der Waals surface area contributed by atoms with Gasteiger partial charge in [-0.1, -0.05) is 36.6 Å². The van der Waals surface area contributed by atoms with E-state index in [1.165, 1.54) is 32.4 Å². The molecule has 1 heterocycles. The van der Waals surface area contributed by atoms with Crippen molar-refractivity contribution in [2.45, 2.75) is 40.0 Å². The third kappa shape index (κ3) is 2.92. The minimum atomic E-state index is 0.993. The lowest BCUT2D eigenvalue weighted by Gasteiger charge is -2.28. The van der Waals surface area contributed by atoms with Crippen LogP contribution in [0, 0.1) is 17.8 Å². The van der Waals surface area contributed by atoms with Crippen LogP contribution < -0.4 is 0 Å². The molecule has 2 heteroatoms. The summed E-state index contributed by atoms with van der Waals surface area (Å²) in [6, 6.07) is 0. The molecular formula is C11H24NP. The third-order valence-electron chi connectivity index (χ3n) is 3.34. The first-order valence-corrected chi connectivity index (χ1v) is 6.27. The van der Waals surface area contributed by atoms with Gasteiger partial charge in [0.1, 0.15) is 0 Å². The third-order valence-corrected chi connectivity index (χ3v) is 3.76. The Balaban J connectivity index is 0.000000396. The van der Waals surface area contributed by atoms with Crippen molar-refractivity contribution in [3.8, 4) is 0 Å². The molecule has 1 aliphatic heterocycles. The monoisotopic (exact) mass is 201 g/mol. The Hall–Kier alpha value is 0.390. The van der Waals surface area contributed by atoms with Crippen LogP contribution in [0.2, 0.25) is 0 Å². The van der Waals surface area contributed by atoms with E-state index in [2.05, 4.69) is 21.0 Å². The molecule has 4 unspecified atom stereocenters. The maximum atomic E-state index is 2.85. The molecule has 0 aromatic rings. The van der Waals surface area contributed by atoms with E-state index in [1.54, 1.807) is 0 Å². The van der Waals surface area contributed by atoms with Crippen molar-refractivity contribution in [1.82, 2.24) is 4.67 Å². The second-order valence-electron chi connectivity index (χ2n) is 4.39. The second-order valence-corrected chi connectivity index (χ2v) is 5.12. The van der Waals surface area contributed by atoms with Gasteiger partial charge in [0.25, 0.3) is 0 Å². The van der Waals surface area contributed by atoms with Crippen molar-refractivity contribution in [2.24, 2.45) is 17.8 Å². The van der Waals surface area contributed by atoms with Crippen LogP contribution >= 0.6 is 9.39 Å². The topological polar surface area (TPSA) is 3.24 Å². The highest BCUT2D eigenvalue weighted by molar-refractivity contribution is 7.13. The van der Waals surface area contributed by atoms with Crippen LogP contribution in [0.4, 0.5) is 0 Å². The van der Waals surface area contributed by atoms with Gasteiger partial charge in [0.05, 0.1) is 0 Å². The molecule has 0 radical (unpaired) electrons. The number of hydrogen-bond donors (Lipinski definition) is 0. The number of fused-ring (bicyclic) bond motifs is 1. The summed E-state index contributed by atoms with van der Waals surface area (Å²) in [7, 11) is 2.85. The first-order valence-electron chi connectivity index (χ1n) is 5.75. The summed E-state index contributed by atoms with van der Waals surface area (Å²) in [6.07, 6.45) is 4.44. The average Bonchev–Trinajstić information content (AvgIpc) is 2.48. The zero-order valence-electron chi connectivity index (χ0n) is 9.29. The molecule has 2 rings (SSSR count). The zero-order valence-corrected chi connectivity index (χ0v) is 10.4. The summed E-state index contributed by atoms with van der Waals surface area (Å²) in [5.74, 6) is 3.05. The normalized spacial score (nSPS) is 39.2. The molecule has 2 aliphatic rings. The van der Waals surface area contributed by atoms with Crippen LogP contribution in [0.1, 0.15) is 40.0 Å². The number of nitrogens with zero attached hydrogens (tertiary/aromatic N) is 1. The minimum absolute atomic E-state index is 0.993. The highest BCUT2D eigenvalue weighted by Crippen LogP contribution is 2.39. The number of hydrogen-bond acceptors (Lipinski definition) is 1. The molecule has 4 atom stereocenters.